The maximum Gasteiger partial charge on any atom is 0.137 e. The van der Waals surface area contributed by atoms with Gasteiger partial charge in [0.25, 0.3) is 0 Å². The molecule has 2 heterocycles. The molecule has 2 aliphatic heterocycles. The lowest BCUT2D eigenvalue weighted by Gasteiger charge is -2.46. The van der Waals surface area contributed by atoms with Gasteiger partial charge in [0.1, 0.15) is 5.78 Å². The Balaban J connectivity index is 1.91. The number of hydrogen-bond acceptors (Lipinski definition) is 3. The van der Waals surface area contributed by atoms with E-state index in [2.05, 4.69) is 33.0 Å². The number of fused-ring (bicyclic) bond motifs is 2. The Morgan fingerprint density at radius 2 is 1.71 bits per heavy atom. The predicted molar refractivity (Wildman–Crippen MR) is 69.3 cm³/mol. The normalized spacial score (nSPS) is 28.3. The van der Waals surface area contributed by atoms with Crippen molar-refractivity contribution in [3.63, 3.8) is 0 Å². The molecule has 0 amide bonds. The number of nitrogens with zero attached hydrogens (tertiary/aromatic N) is 1. The van der Waals surface area contributed by atoms with Gasteiger partial charge in [0.2, 0.25) is 0 Å². The van der Waals surface area contributed by atoms with Crippen molar-refractivity contribution < 1.29 is 9.53 Å². The number of piperidine rings is 1. The summed E-state index contributed by atoms with van der Waals surface area (Å²) in [5.41, 5.74) is 1.19. The van der Waals surface area contributed by atoms with Crippen molar-refractivity contribution in [2.45, 2.75) is 24.9 Å². The van der Waals surface area contributed by atoms with E-state index in [1.165, 1.54) is 5.69 Å². The van der Waals surface area contributed by atoms with Crippen molar-refractivity contribution in [1.82, 2.24) is 0 Å². The van der Waals surface area contributed by atoms with E-state index in [0.29, 0.717) is 31.8 Å². The zero-order valence-corrected chi connectivity index (χ0v) is 11.0. The number of rotatable bonds is 1. The van der Waals surface area contributed by atoms with Crippen molar-refractivity contribution in [3.8, 4) is 0 Å². The second-order valence-electron chi connectivity index (χ2n) is 4.68. The number of halogens is 1. The molecule has 3 nitrogen and oxygen atoms in total. The van der Waals surface area contributed by atoms with Gasteiger partial charge < -0.3 is 9.64 Å². The van der Waals surface area contributed by atoms with Crippen LogP contribution in [0.2, 0.25) is 0 Å². The number of Topliss-reactive ketones (excluding diaryl/α,β-unsaturated/α-hetero) is 1. The maximum atomic E-state index is 11.6. The van der Waals surface area contributed by atoms with Crippen LogP contribution in [-0.4, -0.2) is 31.1 Å². The van der Waals surface area contributed by atoms with Crippen LogP contribution in [0.15, 0.2) is 28.7 Å². The first kappa shape index (κ1) is 11.2. The first-order chi connectivity index (χ1) is 8.24. The second-order valence-corrected chi connectivity index (χ2v) is 5.59. The molecule has 2 fully saturated rings. The monoisotopic (exact) mass is 295 g/mol. The van der Waals surface area contributed by atoms with Crippen LogP contribution in [0, 0.1) is 0 Å². The molecular formula is C13H14BrNO2. The number of ether oxygens (including phenoxy) is 1. The number of carbonyl (C=O) groups is 1. The van der Waals surface area contributed by atoms with Gasteiger partial charge in [-0.1, -0.05) is 15.9 Å². The second kappa shape index (κ2) is 4.42. The average Bonchev–Trinajstić information content (AvgIpc) is 2.29. The third-order valence-electron chi connectivity index (χ3n) is 3.46. The van der Waals surface area contributed by atoms with Crippen LogP contribution in [0.4, 0.5) is 5.69 Å². The Hall–Kier alpha value is -0.870. The molecule has 90 valence electrons. The molecule has 0 spiro atoms. The highest BCUT2D eigenvalue weighted by atomic mass is 79.9. The lowest BCUT2D eigenvalue weighted by atomic mass is 9.92. The van der Waals surface area contributed by atoms with E-state index in [1.54, 1.807) is 0 Å². The van der Waals surface area contributed by atoms with E-state index in [1.807, 2.05) is 12.1 Å². The highest BCUT2D eigenvalue weighted by Crippen LogP contribution is 2.31. The Morgan fingerprint density at radius 3 is 2.29 bits per heavy atom. The summed E-state index contributed by atoms with van der Waals surface area (Å²) in [6.07, 6.45) is 1.24. The summed E-state index contributed by atoms with van der Waals surface area (Å²) < 4.78 is 6.64. The number of anilines is 1. The minimum Gasteiger partial charge on any atom is -0.377 e. The number of hydrogen-bond donors (Lipinski definition) is 0. The molecule has 0 N–H and O–H groups in total. The summed E-state index contributed by atoms with van der Waals surface area (Å²) in [5, 5.41) is 0. The Bertz CT molecular complexity index is 416. The Morgan fingerprint density at radius 1 is 1.12 bits per heavy atom. The molecule has 2 aliphatic rings. The van der Waals surface area contributed by atoms with Crippen LogP contribution in [0.5, 0.6) is 0 Å². The summed E-state index contributed by atoms with van der Waals surface area (Å²) in [6.45, 7) is 1.33. The van der Waals surface area contributed by atoms with Gasteiger partial charge >= 0.3 is 0 Å². The van der Waals surface area contributed by atoms with Gasteiger partial charge in [0, 0.05) is 23.0 Å². The molecular weight excluding hydrogens is 282 g/mol. The molecule has 2 bridgehead atoms. The van der Waals surface area contributed by atoms with Crippen molar-refractivity contribution in [1.29, 1.82) is 0 Å². The van der Waals surface area contributed by atoms with Gasteiger partial charge in [-0.05, 0) is 24.3 Å². The van der Waals surface area contributed by atoms with Gasteiger partial charge in [-0.15, -0.1) is 0 Å². The van der Waals surface area contributed by atoms with Crippen LogP contribution in [0.25, 0.3) is 0 Å². The van der Waals surface area contributed by atoms with Crippen molar-refractivity contribution in [2.24, 2.45) is 0 Å². The van der Waals surface area contributed by atoms with Crippen LogP contribution in [0.1, 0.15) is 12.8 Å². The summed E-state index contributed by atoms with van der Waals surface area (Å²) in [6, 6.07) is 8.73. The number of benzene rings is 1. The van der Waals surface area contributed by atoms with Crippen molar-refractivity contribution in [3.05, 3.63) is 28.7 Å². The smallest absolute Gasteiger partial charge is 0.137 e. The van der Waals surface area contributed by atoms with Crippen LogP contribution in [-0.2, 0) is 9.53 Å². The molecule has 1 aromatic rings. The average molecular weight is 296 g/mol. The zero-order chi connectivity index (χ0) is 11.8. The van der Waals surface area contributed by atoms with Gasteiger partial charge in [-0.25, -0.2) is 0 Å². The van der Waals surface area contributed by atoms with Crippen molar-refractivity contribution in [2.75, 3.05) is 18.1 Å². The quantitative estimate of drug-likeness (QED) is 0.797. The molecule has 1 aromatic carbocycles. The molecule has 0 radical (unpaired) electrons. The maximum absolute atomic E-state index is 11.6. The van der Waals surface area contributed by atoms with E-state index in [0.717, 1.165) is 4.47 Å². The van der Waals surface area contributed by atoms with E-state index in [4.69, 9.17) is 4.74 Å². The molecule has 3 rings (SSSR count). The fraction of sp³-hybridized carbons (Fsp3) is 0.462. The number of carbonyl (C=O) groups excluding carboxylic acids is 1. The third kappa shape index (κ3) is 2.11. The number of ketones is 1. The molecule has 17 heavy (non-hydrogen) atoms. The first-order valence-electron chi connectivity index (χ1n) is 5.87. The summed E-state index contributed by atoms with van der Waals surface area (Å²) >= 11 is 3.44. The SMILES string of the molecule is O=C1CC2COCC(C1)N2c1ccc(Br)cc1. The fourth-order valence-electron chi connectivity index (χ4n) is 2.76. The Kier molecular flexibility index (Phi) is 2.92. The number of morpholine rings is 1. The molecule has 2 atom stereocenters. The summed E-state index contributed by atoms with van der Waals surface area (Å²) in [4.78, 5) is 14.0. The van der Waals surface area contributed by atoms with Crippen LogP contribution >= 0.6 is 15.9 Å². The molecule has 0 saturated carbocycles. The van der Waals surface area contributed by atoms with Gasteiger partial charge in [-0.3, -0.25) is 4.79 Å². The molecule has 2 unspecified atom stereocenters. The summed E-state index contributed by atoms with van der Waals surface area (Å²) in [5.74, 6) is 0.372. The van der Waals surface area contributed by atoms with E-state index < -0.39 is 0 Å². The third-order valence-corrected chi connectivity index (χ3v) is 3.99. The van der Waals surface area contributed by atoms with Gasteiger partial charge in [0.05, 0.1) is 25.3 Å². The van der Waals surface area contributed by atoms with E-state index >= 15 is 0 Å². The largest absolute Gasteiger partial charge is 0.377 e. The molecule has 0 aliphatic carbocycles. The van der Waals surface area contributed by atoms with Crippen molar-refractivity contribution >= 4 is 27.4 Å². The van der Waals surface area contributed by atoms with Crippen LogP contribution < -0.4 is 4.90 Å². The highest BCUT2D eigenvalue weighted by molar-refractivity contribution is 9.10. The molecule has 2 saturated heterocycles. The van der Waals surface area contributed by atoms with Gasteiger partial charge in [-0.2, -0.15) is 0 Å². The van der Waals surface area contributed by atoms with E-state index in [9.17, 15) is 4.79 Å². The minimum absolute atomic E-state index is 0.219. The summed E-state index contributed by atoms with van der Waals surface area (Å²) in [7, 11) is 0. The topological polar surface area (TPSA) is 29.5 Å². The molecule has 0 aromatic heterocycles. The lowest BCUT2D eigenvalue weighted by molar-refractivity contribution is -0.123. The predicted octanol–water partition coefficient (Wildman–Crippen LogP) is 2.39. The highest BCUT2D eigenvalue weighted by Gasteiger charge is 2.38. The van der Waals surface area contributed by atoms with Crippen LogP contribution in [0.3, 0.4) is 0 Å². The minimum atomic E-state index is 0.219. The lowest BCUT2D eigenvalue weighted by Crippen LogP contribution is -2.57. The first-order valence-corrected chi connectivity index (χ1v) is 6.66. The van der Waals surface area contributed by atoms with E-state index in [-0.39, 0.29) is 12.1 Å². The Labute approximate surface area is 109 Å². The fourth-order valence-corrected chi connectivity index (χ4v) is 3.02. The van der Waals surface area contributed by atoms with Gasteiger partial charge in [0.15, 0.2) is 0 Å². The molecule has 4 heteroatoms. The zero-order valence-electron chi connectivity index (χ0n) is 9.43. The standard InChI is InChI=1S/C13H14BrNO2/c14-9-1-3-10(4-2-9)15-11-5-13(16)6-12(15)8-17-7-11/h1-4,11-12H,5-8H2.